The van der Waals surface area contributed by atoms with Crippen LogP contribution in [0.3, 0.4) is 0 Å². The number of para-hydroxylation sites is 1. The molecule has 0 atom stereocenters. The summed E-state index contributed by atoms with van der Waals surface area (Å²) in [5.41, 5.74) is 1.62. The van der Waals surface area contributed by atoms with Crippen molar-refractivity contribution >= 4 is 17.6 Å². The van der Waals surface area contributed by atoms with Crippen LogP contribution in [0, 0.1) is 0 Å². The molecular weight excluding hydrogens is 381 g/mol. The standard InChI is InChI=1S/C18H20ClF3N4O/c1-23-17(24-9-8-13-6-7-16(19)25-10-13)26-11-14-4-2-3-5-15(14)27-12-18(20,21)22/h2-7,10H,8-9,11-12H2,1H3,(H2,23,24,26). The second-order valence-corrected chi connectivity index (χ2v) is 5.99. The third kappa shape index (κ3) is 7.74. The SMILES string of the molecule is CN=C(NCCc1ccc(Cl)nc1)NCc1ccccc1OCC(F)(F)F. The van der Waals surface area contributed by atoms with Crippen molar-refractivity contribution in [1.82, 2.24) is 15.6 Å². The quantitative estimate of drug-likeness (QED) is 0.423. The Labute approximate surface area is 160 Å². The molecule has 0 unspecified atom stereocenters. The minimum atomic E-state index is -4.38. The minimum absolute atomic E-state index is 0.185. The highest BCUT2D eigenvalue weighted by Gasteiger charge is 2.28. The maximum atomic E-state index is 12.4. The number of aliphatic imine (C=N–C) groups is 1. The predicted octanol–water partition coefficient (Wildman–Crippen LogP) is 3.58. The maximum absolute atomic E-state index is 12.4. The zero-order valence-electron chi connectivity index (χ0n) is 14.7. The van der Waals surface area contributed by atoms with Gasteiger partial charge in [-0.15, -0.1) is 0 Å². The van der Waals surface area contributed by atoms with Crippen LogP contribution in [-0.4, -0.2) is 37.3 Å². The predicted molar refractivity (Wildman–Crippen MR) is 99.1 cm³/mol. The highest BCUT2D eigenvalue weighted by molar-refractivity contribution is 6.29. The van der Waals surface area contributed by atoms with Crippen LogP contribution in [-0.2, 0) is 13.0 Å². The van der Waals surface area contributed by atoms with E-state index in [0.717, 1.165) is 12.0 Å². The number of alkyl halides is 3. The van der Waals surface area contributed by atoms with Gasteiger partial charge < -0.3 is 15.4 Å². The molecule has 0 saturated carbocycles. The van der Waals surface area contributed by atoms with Crippen molar-refractivity contribution < 1.29 is 17.9 Å². The number of rotatable bonds is 7. The Hall–Kier alpha value is -2.48. The van der Waals surface area contributed by atoms with Crippen LogP contribution in [0.1, 0.15) is 11.1 Å². The molecule has 2 N–H and O–H groups in total. The van der Waals surface area contributed by atoms with E-state index in [0.29, 0.717) is 23.2 Å². The summed E-state index contributed by atoms with van der Waals surface area (Å²) in [5.74, 6) is 0.715. The first kappa shape index (κ1) is 20.8. The van der Waals surface area contributed by atoms with Gasteiger partial charge in [-0.25, -0.2) is 4.98 Å². The molecule has 1 aromatic carbocycles. The summed E-state index contributed by atoms with van der Waals surface area (Å²) in [5, 5.41) is 6.64. The Morgan fingerprint density at radius 3 is 2.63 bits per heavy atom. The first-order valence-electron chi connectivity index (χ1n) is 8.20. The molecule has 0 fully saturated rings. The van der Waals surface area contributed by atoms with Crippen molar-refractivity contribution in [3.63, 3.8) is 0 Å². The molecule has 9 heteroatoms. The molecular formula is C18H20ClF3N4O. The van der Waals surface area contributed by atoms with Gasteiger partial charge in [0.15, 0.2) is 12.6 Å². The average molecular weight is 401 g/mol. The summed E-state index contributed by atoms with van der Waals surface area (Å²) in [6, 6.07) is 10.2. The highest BCUT2D eigenvalue weighted by atomic mass is 35.5. The van der Waals surface area contributed by atoms with Gasteiger partial charge in [-0.05, 0) is 24.1 Å². The number of nitrogens with one attached hydrogen (secondary N) is 2. The van der Waals surface area contributed by atoms with Gasteiger partial charge in [-0.2, -0.15) is 13.2 Å². The van der Waals surface area contributed by atoms with Gasteiger partial charge in [-0.3, -0.25) is 4.99 Å². The van der Waals surface area contributed by atoms with E-state index in [1.165, 1.54) is 6.07 Å². The summed E-state index contributed by atoms with van der Waals surface area (Å²) in [6.45, 7) is -0.447. The molecule has 2 rings (SSSR count). The van der Waals surface area contributed by atoms with E-state index in [1.807, 2.05) is 6.07 Å². The molecule has 1 heterocycles. The van der Waals surface area contributed by atoms with Gasteiger partial charge in [0.25, 0.3) is 0 Å². The van der Waals surface area contributed by atoms with Crippen LogP contribution in [0.15, 0.2) is 47.6 Å². The number of halogens is 4. The van der Waals surface area contributed by atoms with Crippen LogP contribution >= 0.6 is 11.6 Å². The number of pyridine rings is 1. The number of hydrogen-bond acceptors (Lipinski definition) is 3. The van der Waals surface area contributed by atoms with E-state index < -0.39 is 12.8 Å². The molecule has 1 aromatic heterocycles. The molecule has 0 spiro atoms. The average Bonchev–Trinajstić information content (AvgIpc) is 2.64. The lowest BCUT2D eigenvalue weighted by molar-refractivity contribution is -0.153. The smallest absolute Gasteiger partial charge is 0.422 e. The fraction of sp³-hybridized carbons (Fsp3) is 0.333. The first-order chi connectivity index (χ1) is 12.9. The first-order valence-corrected chi connectivity index (χ1v) is 8.57. The Bertz CT molecular complexity index is 751. The van der Waals surface area contributed by atoms with E-state index in [4.69, 9.17) is 16.3 Å². The molecule has 0 aliphatic rings. The summed E-state index contributed by atoms with van der Waals surface area (Å²) in [4.78, 5) is 8.12. The molecule has 0 bridgehead atoms. The van der Waals surface area contributed by atoms with Crippen LogP contribution in [0.25, 0.3) is 0 Å². The molecule has 0 aliphatic carbocycles. The Kier molecular flexibility index (Phi) is 7.72. The van der Waals surface area contributed by atoms with Crippen LogP contribution in [0.2, 0.25) is 5.15 Å². The summed E-state index contributed by atoms with van der Waals surface area (Å²) in [6.07, 6.45) is -1.96. The second kappa shape index (κ2) is 10.0. The zero-order chi connectivity index (χ0) is 19.7. The second-order valence-electron chi connectivity index (χ2n) is 5.60. The molecule has 5 nitrogen and oxygen atoms in total. The van der Waals surface area contributed by atoms with Crippen LogP contribution < -0.4 is 15.4 Å². The van der Waals surface area contributed by atoms with Crippen molar-refractivity contribution in [2.24, 2.45) is 4.99 Å². The lowest BCUT2D eigenvalue weighted by Gasteiger charge is -2.15. The summed E-state index contributed by atoms with van der Waals surface area (Å²) in [7, 11) is 1.62. The van der Waals surface area contributed by atoms with Gasteiger partial charge >= 0.3 is 6.18 Å². The van der Waals surface area contributed by atoms with E-state index in [9.17, 15) is 13.2 Å². The van der Waals surface area contributed by atoms with E-state index in [2.05, 4.69) is 20.6 Å². The lowest BCUT2D eigenvalue weighted by atomic mass is 10.2. The number of guanidine groups is 1. The van der Waals surface area contributed by atoms with Crippen molar-refractivity contribution in [3.8, 4) is 5.75 Å². The Morgan fingerprint density at radius 2 is 1.96 bits per heavy atom. The van der Waals surface area contributed by atoms with Crippen LogP contribution in [0.4, 0.5) is 13.2 Å². The van der Waals surface area contributed by atoms with Gasteiger partial charge in [0.2, 0.25) is 0 Å². The van der Waals surface area contributed by atoms with E-state index in [1.54, 1.807) is 37.5 Å². The molecule has 2 aromatic rings. The number of hydrogen-bond donors (Lipinski definition) is 2. The number of nitrogens with zero attached hydrogens (tertiary/aromatic N) is 2. The topological polar surface area (TPSA) is 58.5 Å². The number of aromatic nitrogens is 1. The normalized spacial score (nSPS) is 12.0. The third-order valence-corrected chi connectivity index (χ3v) is 3.75. The molecule has 0 saturated heterocycles. The maximum Gasteiger partial charge on any atom is 0.422 e. The van der Waals surface area contributed by atoms with Crippen molar-refractivity contribution in [2.75, 3.05) is 20.2 Å². The number of benzene rings is 1. The van der Waals surface area contributed by atoms with Crippen molar-refractivity contribution in [2.45, 2.75) is 19.1 Å². The van der Waals surface area contributed by atoms with Gasteiger partial charge in [0, 0.05) is 31.9 Å². The largest absolute Gasteiger partial charge is 0.484 e. The fourth-order valence-electron chi connectivity index (χ4n) is 2.23. The van der Waals surface area contributed by atoms with Crippen LogP contribution in [0.5, 0.6) is 5.75 Å². The van der Waals surface area contributed by atoms with Gasteiger partial charge in [0.1, 0.15) is 10.9 Å². The highest BCUT2D eigenvalue weighted by Crippen LogP contribution is 2.22. The fourth-order valence-corrected chi connectivity index (χ4v) is 2.34. The number of ether oxygens (including phenoxy) is 1. The Balaban J connectivity index is 1.84. The van der Waals surface area contributed by atoms with Gasteiger partial charge in [-0.1, -0.05) is 35.9 Å². The Morgan fingerprint density at radius 1 is 1.19 bits per heavy atom. The zero-order valence-corrected chi connectivity index (χ0v) is 15.4. The van der Waals surface area contributed by atoms with E-state index in [-0.39, 0.29) is 12.3 Å². The van der Waals surface area contributed by atoms with E-state index >= 15 is 0 Å². The van der Waals surface area contributed by atoms with Crippen molar-refractivity contribution in [3.05, 3.63) is 58.9 Å². The van der Waals surface area contributed by atoms with Gasteiger partial charge in [0.05, 0.1) is 0 Å². The summed E-state index contributed by atoms with van der Waals surface area (Å²) < 4.78 is 42.0. The minimum Gasteiger partial charge on any atom is -0.484 e. The lowest BCUT2D eigenvalue weighted by Crippen LogP contribution is -2.38. The third-order valence-electron chi connectivity index (χ3n) is 3.53. The molecule has 146 valence electrons. The van der Waals surface area contributed by atoms with Crippen molar-refractivity contribution in [1.29, 1.82) is 0 Å². The molecule has 0 aliphatic heterocycles. The molecule has 0 radical (unpaired) electrons. The monoisotopic (exact) mass is 400 g/mol. The summed E-state index contributed by atoms with van der Waals surface area (Å²) >= 11 is 5.75. The molecule has 0 amide bonds. The molecule has 27 heavy (non-hydrogen) atoms.